The fraction of sp³-hybridized carbons (Fsp3) is 0. The molecular formula is Ni3V. The zero-order valence-electron chi connectivity index (χ0n) is 1.40. The third-order valence-electron chi connectivity index (χ3n) is 0. The maximum Gasteiger partial charge on any atom is 0 e. The number of hydrogen-bond donors (Lipinski definition) is 0. The second kappa shape index (κ2) is 19.6. The number of hydrogen-bond acceptors (Lipinski definition) is 0. The molecule has 1 radical (unpaired) electrons. The molecule has 0 saturated carbocycles. The first-order valence-electron chi connectivity index (χ1n) is 0. The van der Waals surface area contributed by atoms with Crippen LogP contribution in [0.4, 0.5) is 0 Å². The fourth-order valence-corrected chi connectivity index (χ4v) is 0. The van der Waals surface area contributed by atoms with Crippen LogP contribution in [-0.4, -0.2) is 0 Å². The maximum atomic E-state index is 0. The summed E-state index contributed by atoms with van der Waals surface area (Å²) >= 11 is 0. The number of rotatable bonds is 0. The van der Waals surface area contributed by atoms with Gasteiger partial charge in [0.1, 0.15) is 0 Å². The molecule has 0 rings (SSSR count). The van der Waals surface area contributed by atoms with Gasteiger partial charge < -0.3 is 0 Å². The van der Waals surface area contributed by atoms with E-state index in [2.05, 4.69) is 0 Å². The zero-order chi connectivity index (χ0) is 0. The molecule has 0 spiro atoms. The van der Waals surface area contributed by atoms with Gasteiger partial charge in [0.15, 0.2) is 0 Å². The topological polar surface area (TPSA) is 0 Å². The zero-order valence-corrected chi connectivity index (χ0v) is 5.76. The molecule has 0 aliphatic rings. The molecule has 0 bridgehead atoms. The van der Waals surface area contributed by atoms with Crippen molar-refractivity contribution in [2.45, 2.75) is 0 Å². The van der Waals surface area contributed by atoms with Gasteiger partial charge >= 0.3 is 0 Å². The van der Waals surface area contributed by atoms with Crippen molar-refractivity contribution in [2.75, 3.05) is 0 Å². The van der Waals surface area contributed by atoms with Gasteiger partial charge in [-0.3, -0.25) is 0 Å². The first-order valence-corrected chi connectivity index (χ1v) is 0. The van der Waals surface area contributed by atoms with Crippen molar-refractivity contribution in [3.63, 3.8) is 0 Å². The van der Waals surface area contributed by atoms with Crippen molar-refractivity contribution in [1.82, 2.24) is 0 Å². The molecule has 0 nitrogen and oxygen atoms in total. The molecule has 0 N–H and O–H groups in total. The third kappa shape index (κ3) is 8.96. The summed E-state index contributed by atoms with van der Waals surface area (Å²) in [7, 11) is 0. The Labute approximate surface area is 67.5 Å². The molecular weight excluding hydrogens is 227 g/mol. The molecule has 0 aromatic heterocycles. The smallest absolute Gasteiger partial charge is 0 e. The summed E-state index contributed by atoms with van der Waals surface area (Å²) in [6, 6.07) is 0. The average molecular weight is 227 g/mol. The predicted molar refractivity (Wildman–Crippen MR) is 0 cm³/mol. The van der Waals surface area contributed by atoms with E-state index in [4.69, 9.17) is 0 Å². The van der Waals surface area contributed by atoms with Gasteiger partial charge in [-0.1, -0.05) is 0 Å². The molecule has 35 valence electrons. The van der Waals surface area contributed by atoms with E-state index in [1.165, 1.54) is 0 Å². The van der Waals surface area contributed by atoms with Gasteiger partial charge in [0.05, 0.1) is 0 Å². The maximum absolute atomic E-state index is 0. The Morgan fingerprint density at radius 1 is 0.500 bits per heavy atom. The molecule has 0 saturated heterocycles. The van der Waals surface area contributed by atoms with E-state index in [9.17, 15) is 0 Å². The summed E-state index contributed by atoms with van der Waals surface area (Å²) in [5.74, 6) is 0. The van der Waals surface area contributed by atoms with Crippen molar-refractivity contribution in [3.05, 3.63) is 0 Å². The quantitative estimate of drug-likeness (QED) is 0.510. The van der Waals surface area contributed by atoms with Gasteiger partial charge in [0.2, 0.25) is 0 Å². The van der Waals surface area contributed by atoms with Crippen LogP contribution < -0.4 is 0 Å². The largest absolute Gasteiger partial charge is 0 e. The van der Waals surface area contributed by atoms with Gasteiger partial charge in [-0.25, -0.2) is 0 Å². The first kappa shape index (κ1) is 36.5. The predicted octanol–water partition coefficient (Wildman–Crippen LogP) is -0.0100. The molecule has 0 atom stereocenters. The third-order valence-corrected chi connectivity index (χ3v) is 0. The van der Waals surface area contributed by atoms with Crippen molar-refractivity contribution in [2.24, 2.45) is 0 Å². The van der Waals surface area contributed by atoms with E-state index in [0.717, 1.165) is 0 Å². The van der Waals surface area contributed by atoms with Crippen LogP contribution >= 0.6 is 0 Å². The summed E-state index contributed by atoms with van der Waals surface area (Å²) in [5.41, 5.74) is 0. The Morgan fingerprint density at radius 3 is 0.500 bits per heavy atom. The molecule has 0 aromatic rings. The SMILES string of the molecule is [Ni].[Ni].[Ni].[V]. The molecule has 0 aromatic carbocycles. The summed E-state index contributed by atoms with van der Waals surface area (Å²) < 4.78 is 0. The van der Waals surface area contributed by atoms with Crippen LogP contribution in [0.15, 0.2) is 0 Å². The molecule has 0 heterocycles. The van der Waals surface area contributed by atoms with Gasteiger partial charge in [-0.15, -0.1) is 0 Å². The second-order valence-corrected chi connectivity index (χ2v) is 0. The Bertz CT molecular complexity index is 3.25. The molecule has 4 heavy (non-hydrogen) atoms. The van der Waals surface area contributed by atoms with E-state index in [1.54, 1.807) is 0 Å². The first-order chi connectivity index (χ1) is 0. The van der Waals surface area contributed by atoms with Crippen LogP contribution in [0.3, 0.4) is 0 Å². The molecule has 0 amide bonds. The van der Waals surface area contributed by atoms with Crippen LogP contribution in [0.25, 0.3) is 0 Å². The van der Waals surface area contributed by atoms with Crippen molar-refractivity contribution < 1.29 is 68.0 Å². The Morgan fingerprint density at radius 2 is 0.500 bits per heavy atom. The van der Waals surface area contributed by atoms with Crippen molar-refractivity contribution >= 4 is 0 Å². The van der Waals surface area contributed by atoms with Gasteiger partial charge in [-0.2, -0.15) is 0 Å². The molecule has 0 unspecified atom stereocenters. The van der Waals surface area contributed by atoms with Crippen LogP contribution in [0.2, 0.25) is 0 Å². The van der Waals surface area contributed by atoms with Gasteiger partial charge in [-0.05, 0) is 0 Å². The summed E-state index contributed by atoms with van der Waals surface area (Å²) in [5, 5.41) is 0. The fourth-order valence-electron chi connectivity index (χ4n) is 0. The minimum absolute atomic E-state index is 0. The van der Waals surface area contributed by atoms with E-state index >= 15 is 0 Å². The molecule has 0 fully saturated rings. The van der Waals surface area contributed by atoms with Gasteiger partial charge in [0, 0.05) is 68.0 Å². The van der Waals surface area contributed by atoms with E-state index in [1.807, 2.05) is 0 Å². The second-order valence-electron chi connectivity index (χ2n) is 0. The standard InChI is InChI=1S/3Ni.V. The monoisotopic (exact) mass is 225 g/mol. The minimum Gasteiger partial charge on any atom is 0 e. The summed E-state index contributed by atoms with van der Waals surface area (Å²) in [6.07, 6.45) is 0. The molecule has 0 aliphatic carbocycles. The van der Waals surface area contributed by atoms with E-state index in [0.29, 0.717) is 0 Å². The van der Waals surface area contributed by atoms with Gasteiger partial charge in [0.25, 0.3) is 0 Å². The molecule has 0 aliphatic heterocycles. The van der Waals surface area contributed by atoms with Crippen molar-refractivity contribution in [1.29, 1.82) is 0 Å². The van der Waals surface area contributed by atoms with Crippen LogP contribution in [0, 0.1) is 0 Å². The van der Waals surface area contributed by atoms with E-state index in [-0.39, 0.29) is 68.0 Å². The molecule has 4 heteroatoms. The summed E-state index contributed by atoms with van der Waals surface area (Å²) in [6.45, 7) is 0. The van der Waals surface area contributed by atoms with Crippen molar-refractivity contribution in [3.8, 4) is 0 Å². The van der Waals surface area contributed by atoms with E-state index < -0.39 is 0 Å². The Balaban J connectivity index is 0. The normalized spacial score (nSPS) is 0. The van der Waals surface area contributed by atoms with Crippen LogP contribution in [0.1, 0.15) is 0 Å². The average Bonchev–Trinajstić information content (AvgIpc) is 0. The van der Waals surface area contributed by atoms with Crippen LogP contribution in [0.5, 0.6) is 0 Å². The summed E-state index contributed by atoms with van der Waals surface area (Å²) in [4.78, 5) is 0. The minimum atomic E-state index is 0. The van der Waals surface area contributed by atoms with Crippen LogP contribution in [-0.2, 0) is 68.0 Å². The Hall–Kier alpha value is 2.06. The Kier molecular flexibility index (Phi) is 179.